The lowest BCUT2D eigenvalue weighted by Gasteiger charge is -2.02. The molecular weight excluding hydrogens is 226 g/mol. The van der Waals surface area contributed by atoms with Crippen LogP contribution in [-0.4, -0.2) is 25.4 Å². The van der Waals surface area contributed by atoms with Crippen LogP contribution in [0.2, 0.25) is 0 Å². The van der Waals surface area contributed by atoms with Gasteiger partial charge in [-0.05, 0) is 19.4 Å². The van der Waals surface area contributed by atoms with Crippen LogP contribution in [0.4, 0.5) is 0 Å². The van der Waals surface area contributed by atoms with Crippen molar-refractivity contribution in [3.05, 3.63) is 35.7 Å². The number of aryl methyl sites for hydroxylation is 2. The second-order valence-electron chi connectivity index (χ2n) is 4.82. The molecule has 0 fully saturated rings. The highest BCUT2D eigenvalue weighted by molar-refractivity contribution is 5.11. The summed E-state index contributed by atoms with van der Waals surface area (Å²) < 4.78 is 4.01. The van der Waals surface area contributed by atoms with E-state index in [1.165, 1.54) is 5.69 Å². The quantitative estimate of drug-likeness (QED) is 0.861. The van der Waals surface area contributed by atoms with Gasteiger partial charge in [-0.1, -0.05) is 6.92 Å². The van der Waals surface area contributed by atoms with Gasteiger partial charge in [-0.2, -0.15) is 5.10 Å². The first kappa shape index (κ1) is 12.8. The minimum atomic E-state index is 0.150. The van der Waals surface area contributed by atoms with E-state index in [9.17, 15) is 0 Å². The monoisotopic (exact) mass is 247 g/mol. The van der Waals surface area contributed by atoms with Crippen LogP contribution >= 0.6 is 0 Å². The minimum absolute atomic E-state index is 0.150. The molecule has 1 atom stereocenters. The maximum Gasteiger partial charge on any atom is 0.0953 e. The number of hydrogen-bond acceptors (Lipinski definition) is 3. The standard InChI is InChI=1S/C13H21N5/c1-4-11-6-13(17(3)16-11)8-18-7-12(15-9-18)5-10(2)14/h6-7,9-10H,4-5,8,14H2,1-3H3. The highest BCUT2D eigenvalue weighted by atomic mass is 15.3. The second kappa shape index (κ2) is 5.35. The predicted octanol–water partition coefficient (Wildman–Crippen LogP) is 1.12. The van der Waals surface area contributed by atoms with Crippen molar-refractivity contribution in [1.82, 2.24) is 19.3 Å². The summed E-state index contributed by atoms with van der Waals surface area (Å²) in [5.41, 5.74) is 9.13. The van der Waals surface area contributed by atoms with Crippen LogP contribution in [0.25, 0.3) is 0 Å². The molecular formula is C13H21N5. The molecule has 0 aromatic carbocycles. The molecule has 5 nitrogen and oxygen atoms in total. The molecule has 1 unspecified atom stereocenters. The fourth-order valence-electron chi connectivity index (χ4n) is 2.01. The molecule has 0 spiro atoms. The van der Waals surface area contributed by atoms with Crippen molar-refractivity contribution in [2.24, 2.45) is 12.8 Å². The van der Waals surface area contributed by atoms with Crippen LogP contribution in [0, 0.1) is 0 Å². The number of imidazole rings is 1. The molecule has 5 heteroatoms. The third-order valence-electron chi connectivity index (χ3n) is 2.95. The lowest BCUT2D eigenvalue weighted by Crippen LogP contribution is -2.17. The van der Waals surface area contributed by atoms with Gasteiger partial charge in [0.15, 0.2) is 0 Å². The third-order valence-corrected chi connectivity index (χ3v) is 2.95. The van der Waals surface area contributed by atoms with E-state index in [0.717, 1.165) is 30.8 Å². The van der Waals surface area contributed by atoms with Crippen molar-refractivity contribution in [3.63, 3.8) is 0 Å². The van der Waals surface area contributed by atoms with Crippen molar-refractivity contribution in [2.45, 2.75) is 39.3 Å². The molecule has 2 aromatic rings. The Morgan fingerprint density at radius 3 is 2.78 bits per heavy atom. The van der Waals surface area contributed by atoms with Gasteiger partial charge < -0.3 is 10.3 Å². The molecule has 0 saturated carbocycles. The fraction of sp³-hybridized carbons (Fsp3) is 0.538. The summed E-state index contributed by atoms with van der Waals surface area (Å²) in [5.74, 6) is 0. The lowest BCUT2D eigenvalue weighted by atomic mass is 10.2. The number of aromatic nitrogens is 4. The van der Waals surface area contributed by atoms with E-state index < -0.39 is 0 Å². The normalized spacial score (nSPS) is 12.9. The molecule has 0 aliphatic carbocycles. The van der Waals surface area contributed by atoms with Crippen molar-refractivity contribution in [3.8, 4) is 0 Å². The zero-order valence-corrected chi connectivity index (χ0v) is 11.3. The van der Waals surface area contributed by atoms with E-state index in [2.05, 4.69) is 33.8 Å². The van der Waals surface area contributed by atoms with Crippen LogP contribution in [0.15, 0.2) is 18.6 Å². The Balaban J connectivity index is 2.08. The number of rotatable bonds is 5. The smallest absolute Gasteiger partial charge is 0.0953 e. The van der Waals surface area contributed by atoms with E-state index in [4.69, 9.17) is 5.73 Å². The van der Waals surface area contributed by atoms with E-state index >= 15 is 0 Å². The summed E-state index contributed by atoms with van der Waals surface area (Å²) >= 11 is 0. The first-order valence-corrected chi connectivity index (χ1v) is 6.36. The molecule has 98 valence electrons. The van der Waals surface area contributed by atoms with E-state index in [0.29, 0.717) is 0 Å². The zero-order chi connectivity index (χ0) is 13.1. The zero-order valence-electron chi connectivity index (χ0n) is 11.3. The van der Waals surface area contributed by atoms with Crippen molar-refractivity contribution in [2.75, 3.05) is 0 Å². The minimum Gasteiger partial charge on any atom is -0.331 e. The van der Waals surface area contributed by atoms with Gasteiger partial charge in [-0.25, -0.2) is 4.98 Å². The molecule has 0 aliphatic rings. The van der Waals surface area contributed by atoms with Crippen molar-refractivity contribution in [1.29, 1.82) is 0 Å². The first-order chi connectivity index (χ1) is 8.58. The summed E-state index contributed by atoms with van der Waals surface area (Å²) in [6.07, 6.45) is 5.70. The maximum atomic E-state index is 5.77. The fourth-order valence-corrected chi connectivity index (χ4v) is 2.01. The largest absolute Gasteiger partial charge is 0.331 e. The highest BCUT2D eigenvalue weighted by Gasteiger charge is 2.06. The molecule has 0 bridgehead atoms. The van der Waals surface area contributed by atoms with Gasteiger partial charge >= 0.3 is 0 Å². The van der Waals surface area contributed by atoms with Gasteiger partial charge in [0.1, 0.15) is 0 Å². The summed E-state index contributed by atoms with van der Waals surface area (Å²) in [4.78, 5) is 4.36. The average Bonchev–Trinajstić information content (AvgIpc) is 2.86. The van der Waals surface area contributed by atoms with Crippen LogP contribution in [0.3, 0.4) is 0 Å². The topological polar surface area (TPSA) is 61.7 Å². The molecule has 2 rings (SSSR count). The molecule has 0 amide bonds. The molecule has 0 radical (unpaired) electrons. The molecule has 0 saturated heterocycles. The van der Waals surface area contributed by atoms with Crippen molar-refractivity contribution >= 4 is 0 Å². The Morgan fingerprint density at radius 2 is 2.17 bits per heavy atom. The number of nitrogens with two attached hydrogens (primary N) is 1. The molecule has 0 aliphatic heterocycles. The Bertz CT molecular complexity index is 509. The summed E-state index contributed by atoms with van der Waals surface area (Å²) in [6.45, 7) is 4.91. The first-order valence-electron chi connectivity index (χ1n) is 6.36. The van der Waals surface area contributed by atoms with Crippen LogP contribution in [0.5, 0.6) is 0 Å². The SMILES string of the molecule is CCc1cc(Cn2cnc(CC(C)N)c2)n(C)n1. The maximum absolute atomic E-state index is 5.77. The number of hydrogen-bond donors (Lipinski definition) is 1. The van der Waals surface area contributed by atoms with E-state index in [1.807, 2.05) is 25.0 Å². The third kappa shape index (κ3) is 2.98. The Labute approximate surface area is 108 Å². The van der Waals surface area contributed by atoms with Gasteiger partial charge in [-0.3, -0.25) is 4.68 Å². The lowest BCUT2D eigenvalue weighted by molar-refractivity contribution is 0.659. The van der Waals surface area contributed by atoms with E-state index in [-0.39, 0.29) is 6.04 Å². The molecule has 18 heavy (non-hydrogen) atoms. The molecule has 2 aromatic heterocycles. The average molecular weight is 247 g/mol. The van der Waals surface area contributed by atoms with Crippen LogP contribution in [0.1, 0.15) is 30.9 Å². The number of nitrogens with zero attached hydrogens (tertiary/aromatic N) is 4. The van der Waals surface area contributed by atoms with Crippen LogP contribution in [-0.2, 0) is 26.4 Å². The van der Waals surface area contributed by atoms with Gasteiger partial charge in [0.05, 0.1) is 30.0 Å². The Hall–Kier alpha value is -1.62. The summed E-state index contributed by atoms with van der Waals surface area (Å²) in [7, 11) is 1.98. The molecule has 2 heterocycles. The molecule has 2 N–H and O–H groups in total. The summed E-state index contributed by atoms with van der Waals surface area (Å²) in [6, 6.07) is 2.29. The van der Waals surface area contributed by atoms with Gasteiger partial charge in [0, 0.05) is 25.7 Å². The Morgan fingerprint density at radius 1 is 1.39 bits per heavy atom. The van der Waals surface area contributed by atoms with Crippen molar-refractivity contribution < 1.29 is 0 Å². The Kier molecular flexibility index (Phi) is 3.81. The predicted molar refractivity (Wildman–Crippen MR) is 71.3 cm³/mol. The van der Waals surface area contributed by atoms with Crippen LogP contribution < -0.4 is 5.73 Å². The van der Waals surface area contributed by atoms with Gasteiger partial charge in [0.2, 0.25) is 0 Å². The van der Waals surface area contributed by atoms with E-state index in [1.54, 1.807) is 0 Å². The summed E-state index contributed by atoms with van der Waals surface area (Å²) in [5, 5.41) is 4.44. The highest BCUT2D eigenvalue weighted by Crippen LogP contribution is 2.07. The van der Waals surface area contributed by atoms with Gasteiger partial charge in [0.25, 0.3) is 0 Å². The second-order valence-corrected chi connectivity index (χ2v) is 4.82. The van der Waals surface area contributed by atoms with Gasteiger partial charge in [-0.15, -0.1) is 0 Å².